The van der Waals surface area contributed by atoms with Gasteiger partial charge in [0.1, 0.15) is 5.75 Å². The highest BCUT2D eigenvalue weighted by atomic mass is 35.5. The molecule has 0 radical (unpaired) electrons. The Kier molecular flexibility index (Phi) is 6.44. The number of hydrogen-bond acceptors (Lipinski definition) is 3. The number of benzene rings is 2. The monoisotopic (exact) mass is 332 g/mol. The summed E-state index contributed by atoms with van der Waals surface area (Å²) in [7, 11) is 0. The molecule has 0 heterocycles. The number of carbonyl (C=O) groups excluding carboxylic acids is 1. The SMILES string of the molecule is CC(C)Oc1ccccc1NC(=O)CNCc1ccc(Cl)cc1. The Hall–Kier alpha value is -2.04. The van der Waals surface area contributed by atoms with Crippen LogP contribution in [0.25, 0.3) is 0 Å². The van der Waals surface area contributed by atoms with Crippen molar-refractivity contribution in [2.24, 2.45) is 0 Å². The van der Waals surface area contributed by atoms with Crippen LogP contribution in [0.2, 0.25) is 5.02 Å². The molecule has 1 amide bonds. The summed E-state index contributed by atoms with van der Waals surface area (Å²) in [6.07, 6.45) is 0.0519. The molecule has 0 spiro atoms. The van der Waals surface area contributed by atoms with E-state index in [1.54, 1.807) is 0 Å². The van der Waals surface area contributed by atoms with Crippen molar-refractivity contribution < 1.29 is 9.53 Å². The van der Waals surface area contributed by atoms with Crippen LogP contribution in [0, 0.1) is 0 Å². The van der Waals surface area contributed by atoms with Crippen molar-refractivity contribution >= 4 is 23.2 Å². The van der Waals surface area contributed by atoms with E-state index in [0.29, 0.717) is 23.0 Å². The number of anilines is 1. The highest BCUT2D eigenvalue weighted by molar-refractivity contribution is 6.30. The van der Waals surface area contributed by atoms with E-state index in [9.17, 15) is 4.79 Å². The second-order valence-electron chi connectivity index (χ2n) is 5.44. The number of nitrogens with one attached hydrogen (secondary N) is 2. The summed E-state index contributed by atoms with van der Waals surface area (Å²) >= 11 is 5.84. The zero-order valence-corrected chi connectivity index (χ0v) is 14.1. The topological polar surface area (TPSA) is 50.4 Å². The molecule has 2 aromatic rings. The average molecular weight is 333 g/mol. The molecular formula is C18H21ClN2O2. The number of ether oxygens (including phenoxy) is 1. The lowest BCUT2D eigenvalue weighted by atomic mass is 10.2. The molecule has 0 saturated carbocycles. The first-order chi connectivity index (χ1) is 11.0. The van der Waals surface area contributed by atoms with Gasteiger partial charge in [-0.1, -0.05) is 35.9 Å². The van der Waals surface area contributed by atoms with Gasteiger partial charge in [-0.2, -0.15) is 0 Å². The summed E-state index contributed by atoms with van der Waals surface area (Å²) in [5.41, 5.74) is 1.75. The summed E-state index contributed by atoms with van der Waals surface area (Å²) in [4.78, 5) is 12.0. The first kappa shape index (κ1) is 17.3. The van der Waals surface area contributed by atoms with Crippen LogP contribution in [-0.2, 0) is 11.3 Å². The van der Waals surface area contributed by atoms with Crippen molar-refractivity contribution in [1.82, 2.24) is 5.32 Å². The third-order valence-corrected chi connectivity index (χ3v) is 3.30. The normalized spacial score (nSPS) is 10.6. The second-order valence-corrected chi connectivity index (χ2v) is 5.88. The Labute approximate surface area is 141 Å². The maximum Gasteiger partial charge on any atom is 0.238 e. The van der Waals surface area contributed by atoms with Crippen LogP contribution in [0.4, 0.5) is 5.69 Å². The first-order valence-corrected chi connectivity index (χ1v) is 7.93. The summed E-state index contributed by atoms with van der Waals surface area (Å²) < 4.78 is 5.68. The average Bonchev–Trinajstić information content (AvgIpc) is 2.51. The lowest BCUT2D eigenvalue weighted by Crippen LogP contribution is -2.28. The van der Waals surface area contributed by atoms with Gasteiger partial charge in [0.25, 0.3) is 0 Å². The predicted octanol–water partition coefficient (Wildman–Crippen LogP) is 3.86. The van der Waals surface area contributed by atoms with Crippen LogP contribution >= 0.6 is 11.6 Å². The molecular weight excluding hydrogens is 312 g/mol. The maximum atomic E-state index is 12.0. The minimum atomic E-state index is -0.112. The van der Waals surface area contributed by atoms with E-state index >= 15 is 0 Å². The fourth-order valence-corrected chi connectivity index (χ4v) is 2.17. The zero-order chi connectivity index (χ0) is 16.7. The highest BCUT2D eigenvalue weighted by Crippen LogP contribution is 2.24. The first-order valence-electron chi connectivity index (χ1n) is 7.55. The highest BCUT2D eigenvalue weighted by Gasteiger charge is 2.08. The van der Waals surface area contributed by atoms with Gasteiger partial charge in [0.15, 0.2) is 0 Å². The van der Waals surface area contributed by atoms with Crippen LogP contribution in [0.1, 0.15) is 19.4 Å². The van der Waals surface area contributed by atoms with Crippen molar-refractivity contribution in [2.75, 3.05) is 11.9 Å². The summed E-state index contributed by atoms with van der Waals surface area (Å²) in [6, 6.07) is 14.9. The molecule has 2 rings (SSSR count). The predicted molar refractivity (Wildman–Crippen MR) is 94.0 cm³/mol. The molecule has 0 aromatic heterocycles. The van der Waals surface area contributed by atoms with E-state index in [4.69, 9.17) is 16.3 Å². The second kappa shape index (κ2) is 8.56. The lowest BCUT2D eigenvalue weighted by Gasteiger charge is -2.15. The molecule has 0 bridgehead atoms. The number of halogens is 1. The van der Waals surface area contributed by atoms with Crippen molar-refractivity contribution in [2.45, 2.75) is 26.5 Å². The van der Waals surface area contributed by atoms with E-state index < -0.39 is 0 Å². The van der Waals surface area contributed by atoms with Crippen LogP contribution in [0.15, 0.2) is 48.5 Å². The van der Waals surface area contributed by atoms with E-state index in [1.165, 1.54) is 0 Å². The Balaban J connectivity index is 1.84. The summed E-state index contributed by atoms with van der Waals surface area (Å²) in [5, 5.41) is 6.67. The molecule has 0 aliphatic carbocycles. The van der Waals surface area contributed by atoms with E-state index in [1.807, 2.05) is 62.4 Å². The third-order valence-electron chi connectivity index (χ3n) is 3.05. The quantitative estimate of drug-likeness (QED) is 0.809. The summed E-state index contributed by atoms with van der Waals surface area (Å²) in [6.45, 7) is 4.73. The van der Waals surface area contributed by atoms with E-state index in [-0.39, 0.29) is 18.6 Å². The fourth-order valence-electron chi connectivity index (χ4n) is 2.04. The van der Waals surface area contributed by atoms with Gasteiger partial charge >= 0.3 is 0 Å². The minimum absolute atomic E-state index is 0.0519. The lowest BCUT2D eigenvalue weighted by molar-refractivity contribution is -0.115. The Morgan fingerprint density at radius 2 is 1.83 bits per heavy atom. The van der Waals surface area contributed by atoms with Crippen LogP contribution in [0.3, 0.4) is 0 Å². The van der Waals surface area contributed by atoms with Gasteiger partial charge in [-0.05, 0) is 43.7 Å². The van der Waals surface area contributed by atoms with Crippen molar-refractivity contribution in [3.8, 4) is 5.75 Å². The van der Waals surface area contributed by atoms with Crippen LogP contribution in [-0.4, -0.2) is 18.6 Å². The Bertz CT molecular complexity index is 642. The fraction of sp³-hybridized carbons (Fsp3) is 0.278. The van der Waals surface area contributed by atoms with Crippen molar-refractivity contribution in [3.63, 3.8) is 0 Å². The molecule has 0 unspecified atom stereocenters. The molecule has 0 aliphatic rings. The van der Waals surface area contributed by atoms with Gasteiger partial charge in [-0.3, -0.25) is 4.79 Å². The molecule has 0 atom stereocenters. The Morgan fingerprint density at radius 1 is 1.13 bits per heavy atom. The molecule has 4 nitrogen and oxygen atoms in total. The molecule has 2 aromatic carbocycles. The molecule has 23 heavy (non-hydrogen) atoms. The number of amides is 1. The standard InChI is InChI=1S/C18H21ClN2O2/c1-13(2)23-17-6-4-3-5-16(17)21-18(22)12-20-11-14-7-9-15(19)10-8-14/h3-10,13,20H,11-12H2,1-2H3,(H,21,22). The number of hydrogen-bond donors (Lipinski definition) is 2. The van der Waals surface area contributed by atoms with Gasteiger partial charge in [0, 0.05) is 11.6 Å². The van der Waals surface area contributed by atoms with Gasteiger partial charge in [-0.25, -0.2) is 0 Å². The molecule has 122 valence electrons. The third kappa shape index (κ3) is 5.93. The van der Waals surface area contributed by atoms with Gasteiger partial charge in [0.05, 0.1) is 18.3 Å². The largest absolute Gasteiger partial charge is 0.489 e. The van der Waals surface area contributed by atoms with Crippen molar-refractivity contribution in [1.29, 1.82) is 0 Å². The molecule has 2 N–H and O–H groups in total. The zero-order valence-electron chi connectivity index (χ0n) is 13.3. The van der Waals surface area contributed by atoms with Crippen molar-refractivity contribution in [3.05, 3.63) is 59.1 Å². The van der Waals surface area contributed by atoms with Gasteiger partial charge in [-0.15, -0.1) is 0 Å². The van der Waals surface area contributed by atoms with Crippen LogP contribution in [0.5, 0.6) is 5.75 Å². The maximum absolute atomic E-state index is 12.0. The summed E-state index contributed by atoms with van der Waals surface area (Å²) in [5.74, 6) is 0.562. The number of carbonyl (C=O) groups is 1. The molecule has 5 heteroatoms. The van der Waals surface area contributed by atoms with E-state index in [0.717, 1.165) is 5.56 Å². The number of rotatable bonds is 7. The van der Waals surface area contributed by atoms with Gasteiger partial charge < -0.3 is 15.4 Å². The molecule has 0 aliphatic heterocycles. The molecule has 0 fully saturated rings. The van der Waals surface area contributed by atoms with Crippen LogP contribution < -0.4 is 15.4 Å². The van der Waals surface area contributed by atoms with Gasteiger partial charge in [0.2, 0.25) is 5.91 Å². The molecule has 0 saturated heterocycles. The Morgan fingerprint density at radius 3 is 2.52 bits per heavy atom. The van der Waals surface area contributed by atoms with E-state index in [2.05, 4.69) is 10.6 Å². The smallest absolute Gasteiger partial charge is 0.238 e. The minimum Gasteiger partial charge on any atom is -0.489 e. The number of para-hydroxylation sites is 2.